The van der Waals surface area contributed by atoms with Crippen molar-refractivity contribution >= 4 is 5.91 Å². The zero-order valence-corrected chi connectivity index (χ0v) is 38.9. The quantitative estimate of drug-likeness (QED) is 0.0496. The van der Waals surface area contributed by atoms with Crippen LogP contribution in [0.3, 0.4) is 0 Å². The van der Waals surface area contributed by atoms with Crippen molar-refractivity contribution in [2.75, 3.05) is 26.2 Å². The van der Waals surface area contributed by atoms with E-state index in [-0.39, 0.29) is 35.4 Å². The van der Waals surface area contributed by atoms with E-state index in [4.69, 9.17) is 6.58 Å². The molecule has 7 heteroatoms. The SMILES string of the molecule is C=CCNC(=C)C(=C)C(CCC)NC(=O)C1C[C@@H](C(C)C)CN(C(=C)C(NC(=C)NC(CCC(=C)NCC(C)CC)C(C)(C)C)C2CCCCC2)C1.CC.CC. The average molecular weight is 781 g/mol. The Morgan fingerprint density at radius 1 is 0.839 bits per heavy atom. The van der Waals surface area contributed by atoms with Crippen LogP contribution < -0.4 is 26.6 Å². The Morgan fingerprint density at radius 2 is 1.46 bits per heavy atom. The smallest absolute Gasteiger partial charge is 0.225 e. The van der Waals surface area contributed by atoms with Crippen molar-refractivity contribution in [1.29, 1.82) is 0 Å². The Hall–Kier alpha value is -3.09. The number of nitrogens with one attached hydrogen (secondary N) is 5. The monoisotopic (exact) mass is 781 g/mol. The van der Waals surface area contributed by atoms with Gasteiger partial charge in [-0.05, 0) is 73.2 Å². The standard InChI is InChI=1S/C45H80N6O.2C2H6/c1-15-21-41(34(8)35(9)46-26-16-2)50-44(52)40-27-39(31(4)5)29-51(30-40)36(10)43(38-22-19-18-20-23-38)49-37(11)48-42(45(12,13)14)25-24-33(7)47-28-32(6)17-3;2*1-2/h16,31-32,38-43,46-49H,2,7-11,15,17-30H2,1,3-6,12-14H3,(H,50,52);2*1-2H3/t32?,39-,40?,41?,42?,43?;;/m1../s1. The fourth-order valence-corrected chi connectivity index (χ4v) is 7.65. The zero-order chi connectivity index (χ0) is 43.0. The van der Waals surface area contributed by atoms with Crippen molar-refractivity contribution in [3.05, 3.63) is 74.0 Å². The van der Waals surface area contributed by atoms with Crippen LogP contribution in [0.5, 0.6) is 0 Å². The largest absolute Gasteiger partial charge is 0.389 e. The lowest BCUT2D eigenvalue weighted by Crippen LogP contribution is -2.53. The van der Waals surface area contributed by atoms with Gasteiger partial charge in [-0.3, -0.25) is 4.79 Å². The predicted molar refractivity (Wildman–Crippen MR) is 248 cm³/mol. The van der Waals surface area contributed by atoms with Crippen LogP contribution in [0.4, 0.5) is 0 Å². The number of amides is 1. The van der Waals surface area contributed by atoms with E-state index in [2.05, 4.69) is 120 Å². The van der Waals surface area contributed by atoms with Gasteiger partial charge in [0.25, 0.3) is 0 Å². The van der Waals surface area contributed by atoms with Crippen LogP contribution in [-0.4, -0.2) is 55.1 Å². The summed E-state index contributed by atoms with van der Waals surface area (Å²) >= 11 is 0. The molecule has 5 N–H and O–H groups in total. The van der Waals surface area contributed by atoms with E-state index in [0.717, 1.165) is 80.1 Å². The number of hydrogen-bond donors (Lipinski definition) is 5. The Balaban J connectivity index is 0.00000731. The second kappa shape index (κ2) is 28.3. The molecule has 7 nitrogen and oxygen atoms in total. The average Bonchev–Trinajstić information content (AvgIpc) is 3.19. The maximum Gasteiger partial charge on any atom is 0.225 e. The molecule has 2 rings (SSSR count). The van der Waals surface area contributed by atoms with Gasteiger partial charge in [-0.2, -0.15) is 0 Å². The van der Waals surface area contributed by atoms with Crippen LogP contribution in [0.1, 0.15) is 154 Å². The van der Waals surface area contributed by atoms with Crippen LogP contribution in [0.2, 0.25) is 0 Å². The van der Waals surface area contributed by atoms with Gasteiger partial charge in [-0.1, -0.05) is 154 Å². The second-order valence-electron chi connectivity index (χ2n) is 17.5. The summed E-state index contributed by atoms with van der Waals surface area (Å²) in [6, 6.07) is 0.111. The topological polar surface area (TPSA) is 80.5 Å². The third-order valence-corrected chi connectivity index (χ3v) is 11.7. The maximum atomic E-state index is 14.1. The summed E-state index contributed by atoms with van der Waals surface area (Å²) in [5, 5.41) is 17.9. The van der Waals surface area contributed by atoms with Crippen molar-refractivity contribution in [2.24, 2.45) is 35.0 Å². The van der Waals surface area contributed by atoms with Gasteiger partial charge in [-0.15, -0.1) is 6.58 Å². The molecule has 0 aromatic rings. The van der Waals surface area contributed by atoms with E-state index >= 15 is 0 Å². The fraction of sp³-hybridized carbons (Fsp3) is 0.735. The van der Waals surface area contributed by atoms with Crippen LogP contribution in [0.25, 0.3) is 0 Å². The molecule has 1 amide bonds. The van der Waals surface area contributed by atoms with E-state index in [0.29, 0.717) is 36.8 Å². The predicted octanol–water partition coefficient (Wildman–Crippen LogP) is 11.2. The number of carbonyl (C=O) groups excluding carboxylic acids is 1. The summed E-state index contributed by atoms with van der Waals surface area (Å²) in [4.78, 5) is 16.5. The summed E-state index contributed by atoms with van der Waals surface area (Å²) in [5.74, 6) is 2.76. The molecule has 0 bridgehead atoms. The number of likely N-dealkylation sites (tertiary alicyclic amines) is 1. The Morgan fingerprint density at radius 3 is 2.00 bits per heavy atom. The Labute approximate surface area is 348 Å². The molecule has 2 fully saturated rings. The first kappa shape index (κ1) is 52.9. The van der Waals surface area contributed by atoms with Gasteiger partial charge < -0.3 is 31.5 Å². The molecular weight excluding hydrogens is 689 g/mol. The molecule has 1 saturated heterocycles. The first-order chi connectivity index (χ1) is 26.5. The molecule has 0 radical (unpaired) electrons. The number of rotatable bonds is 24. The van der Waals surface area contributed by atoms with Gasteiger partial charge in [0.05, 0.1) is 23.8 Å². The maximum absolute atomic E-state index is 14.1. The molecule has 0 aromatic carbocycles. The van der Waals surface area contributed by atoms with Gasteiger partial charge in [-0.25, -0.2) is 0 Å². The zero-order valence-electron chi connectivity index (χ0n) is 38.9. The van der Waals surface area contributed by atoms with E-state index < -0.39 is 0 Å². The Bertz CT molecular complexity index is 1190. The van der Waals surface area contributed by atoms with Gasteiger partial charge in [0, 0.05) is 49.3 Å². The number of nitrogens with zero attached hydrogens (tertiary/aromatic N) is 1. The normalized spacial score (nSPS) is 19.3. The second-order valence-corrected chi connectivity index (χ2v) is 17.5. The van der Waals surface area contributed by atoms with Crippen molar-refractivity contribution < 1.29 is 4.79 Å². The molecule has 324 valence electrons. The minimum Gasteiger partial charge on any atom is -0.389 e. The highest BCUT2D eigenvalue weighted by Gasteiger charge is 2.38. The summed E-state index contributed by atoms with van der Waals surface area (Å²) in [5.41, 5.74) is 3.81. The summed E-state index contributed by atoms with van der Waals surface area (Å²) in [6.07, 6.45) is 13.6. The minimum atomic E-state index is -0.159. The molecule has 1 heterocycles. The molecule has 2 aliphatic rings. The van der Waals surface area contributed by atoms with Gasteiger partial charge >= 0.3 is 0 Å². The van der Waals surface area contributed by atoms with E-state index in [9.17, 15) is 4.79 Å². The van der Waals surface area contributed by atoms with Crippen molar-refractivity contribution in [3.63, 3.8) is 0 Å². The first-order valence-electron chi connectivity index (χ1n) is 22.6. The highest BCUT2D eigenvalue weighted by molar-refractivity contribution is 5.80. The van der Waals surface area contributed by atoms with Crippen LogP contribution in [0.15, 0.2) is 74.0 Å². The first-order valence-corrected chi connectivity index (χ1v) is 22.6. The van der Waals surface area contributed by atoms with Gasteiger partial charge in [0.15, 0.2) is 0 Å². The number of allylic oxidation sites excluding steroid dienone is 1. The molecule has 1 aliphatic heterocycles. The lowest BCUT2D eigenvalue weighted by atomic mass is 9.79. The van der Waals surface area contributed by atoms with Crippen molar-refractivity contribution in [1.82, 2.24) is 31.5 Å². The Kier molecular flexibility index (Phi) is 26.8. The van der Waals surface area contributed by atoms with Crippen molar-refractivity contribution in [2.45, 2.75) is 172 Å². The molecule has 0 spiro atoms. The number of hydrogen-bond acceptors (Lipinski definition) is 6. The molecule has 1 saturated carbocycles. The molecule has 0 aromatic heterocycles. The number of carbonyl (C=O) groups is 1. The third kappa shape index (κ3) is 18.9. The summed E-state index contributed by atoms with van der Waals surface area (Å²) in [7, 11) is 0. The fourth-order valence-electron chi connectivity index (χ4n) is 7.65. The lowest BCUT2D eigenvalue weighted by molar-refractivity contribution is -0.128. The summed E-state index contributed by atoms with van der Waals surface area (Å²) in [6.45, 7) is 55.2. The lowest BCUT2D eigenvalue weighted by Gasteiger charge is -2.45. The molecule has 1 aliphatic carbocycles. The van der Waals surface area contributed by atoms with E-state index in [1.807, 2.05) is 27.7 Å². The molecular formula is C49H92N6O. The minimum absolute atomic E-state index is 0.0336. The highest BCUT2D eigenvalue weighted by atomic mass is 16.2. The van der Waals surface area contributed by atoms with Crippen LogP contribution in [0, 0.1) is 35.0 Å². The van der Waals surface area contributed by atoms with Gasteiger partial charge in [0.2, 0.25) is 5.91 Å². The molecule has 56 heavy (non-hydrogen) atoms. The van der Waals surface area contributed by atoms with Gasteiger partial charge in [0.1, 0.15) is 0 Å². The number of piperidine rings is 1. The van der Waals surface area contributed by atoms with Crippen LogP contribution >= 0.6 is 0 Å². The third-order valence-electron chi connectivity index (χ3n) is 11.7. The molecule has 6 atom stereocenters. The van der Waals surface area contributed by atoms with E-state index in [1.54, 1.807) is 6.08 Å². The summed E-state index contributed by atoms with van der Waals surface area (Å²) < 4.78 is 0. The van der Waals surface area contributed by atoms with E-state index in [1.165, 1.54) is 32.1 Å². The molecule has 5 unspecified atom stereocenters. The van der Waals surface area contributed by atoms with Crippen molar-refractivity contribution in [3.8, 4) is 0 Å². The highest BCUT2D eigenvalue weighted by Crippen LogP contribution is 2.35. The van der Waals surface area contributed by atoms with Crippen LogP contribution in [-0.2, 0) is 4.79 Å².